The fraction of sp³-hybridized carbons (Fsp3) is 0.360. The van der Waals surface area contributed by atoms with Crippen molar-refractivity contribution in [3.63, 3.8) is 0 Å². The molecule has 4 rings (SSSR count). The number of nitrogens with one attached hydrogen (secondary N) is 1. The highest BCUT2D eigenvalue weighted by Crippen LogP contribution is 2.41. The van der Waals surface area contributed by atoms with Crippen LogP contribution in [0.4, 0.5) is 5.69 Å². The van der Waals surface area contributed by atoms with Gasteiger partial charge < -0.3 is 15.8 Å². The Morgan fingerprint density at radius 2 is 2.03 bits per heavy atom. The predicted octanol–water partition coefficient (Wildman–Crippen LogP) is 4.22. The smallest absolute Gasteiger partial charge is 0.255 e. The Morgan fingerprint density at radius 1 is 1.31 bits per heavy atom. The van der Waals surface area contributed by atoms with E-state index < -0.39 is 5.54 Å². The lowest BCUT2D eigenvalue weighted by Gasteiger charge is -2.41. The number of nitriles is 1. The standard InChI is InChI=1S/C25H26ClN5O3.ClH/c1-15-12-18(10-11-34-15)31-21(32)13-25(2,30-24(31)28)19-4-3-5-20(22(19)26)29-23(33)17-8-6-16(14-27)7-9-17;/h3-9,15,18H,10-13H2,1-2H3,(H2,28,30)(H,29,33);1H/t15-,18-,25+;/m1./s1. The summed E-state index contributed by atoms with van der Waals surface area (Å²) < 4.78 is 5.60. The van der Waals surface area contributed by atoms with Gasteiger partial charge in [-0.25, -0.2) is 4.99 Å². The first-order chi connectivity index (χ1) is 16.2. The molecule has 35 heavy (non-hydrogen) atoms. The summed E-state index contributed by atoms with van der Waals surface area (Å²) in [6.07, 6.45) is 1.57. The number of nitrogens with zero attached hydrogens (tertiary/aromatic N) is 3. The lowest BCUT2D eigenvalue weighted by atomic mass is 9.86. The third kappa shape index (κ3) is 5.43. The zero-order chi connectivity index (χ0) is 24.5. The van der Waals surface area contributed by atoms with E-state index in [1.54, 1.807) is 47.4 Å². The maximum atomic E-state index is 13.2. The van der Waals surface area contributed by atoms with Gasteiger partial charge in [0.1, 0.15) is 0 Å². The van der Waals surface area contributed by atoms with Crippen LogP contribution >= 0.6 is 24.0 Å². The van der Waals surface area contributed by atoms with Crippen LogP contribution < -0.4 is 11.1 Å². The molecule has 3 atom stereocenters. The highest BCUT2D eigenvalue weighted by atomic mass is 35.5. The number of carbonyl (C=O) groups is 2. The largest absolute Gasteiger partial charge is 0.378 e. The number of benzene rings is 2. The average molecular weight is 516 g/mol. The number of ether oxygens (including phenoxy) is 1. The minimum atomic E-state index is -0.972. The quantitative estimate of drug-likeness (QED) is 0.631. The van der Waals surface area contributed by atoms with Crippen LogP contribution in [0.25, 0.3) is 0 Å². The van der Waals surface area contributed by atoms with Gasteiger partial charge in [0.15, 0.2) is 5.96 Å². The van der Waals surface area contributed by atoms with Crippen molar-refractivity contribution in [2.45, 2.75) is 50.8 Å². The van der Waals surface area contributed by atoms with Crippen LogP contribution in [0.15, 0.2) is 47.5 Å². The van der Waals surface area contributed by atoms with Crippen LogP contribution in [-0.4, -0.2) is 41.4 Å². The molecule has 0 spiro atoms. The van der Waals surface area contributed by atoms with Crippen molar-refractivity contribution in [2.24, 2.45) is 10.7 Å². The van der Waals surface area contributed by atoms with Gasteiger partial charge >= 0.3 is 0 Å². The summed E-state index contributed by atoms with van der Waals surface area (Å²) in [5, 5.41) is 12.0. The van der Waals surface area contributed by atoms with Crippen molar-refractivity contribution in [3.05, 3.63) is 64.2 Å². The number of halogens is 2. The van der Waals surface area contributed by atoms with E-state index in [2.05, 4.69) is 5.32 Å². The van der Waals surface area contributed by atoms with Crippen molar-refractivity contribution in [1.29, 1.82) is 5.26 Å². The van der Waals surface area contributed by atoms with E-state index >= 15 is 0 Å². The predicted molar refractivity (Wildman–Crippen MR) is 137 cm³/mol. The van der Waals surface area contributed by atoms with E-state index in [9.17, 15) is 9.59 Å². The summed E-state index contributed by atoms with van der Waals surface area (Å²) in [7, 11) is 0. The van der Waals surface area contributed by atoms with Gasteiger partial charge in [-0.1, -0.05) is 23.7 Å². The topological polar surface area (TPSA) is 121 Å². The van der Waals surface area contributed by atoms with Crippen LogP contribution in [0.5, 0.6) is 0 Å². The second-order valence-electron chi connectivity index (χ2n) is 8.85. The minimum Gasteiger partial charge on any atom is -0.378 e. The van der Waals surface area contributed by atoms with Gasteiger partial charge in [0.25, 0.3) is 5.91 Å². The fourth-order valence-corrected chi connectivity index (χ4v) is 4.92. The van der Waals surface area contributed by atoms with Crippen molar-refractivity contribution in [2.75, 3.05) is 11.9 Å². The summed E-state index contributed by atoms with van der Waals surface area (Å²) >= 11 is 6.70. The first-order valence-corrected chi connectivity index (χ1v) is 11.5. The Kier molecular flexibility index (Phi) is 8.06. The lowest BCUT2D eigenvalue weighted by Crippen LogP contribution is -2.56. The molecule has 3 N–H and O–H groups in total. The lowest BCUT2D eigenvalue weighted by molar-refractivity contribution is -0.133. The normalized spacial score (nSPS) is 24.1. The first-order valence-electron chi connectivity index (χ1n) is 11.1. The summed E-state index contributed by atoms with van der Waals surface area (Å²) in [5.74, 6) is -0.311. The fourth-order valence-electron chi connectivity index (χ4n) is 4.54. The summed E-state index contributed by atoms with van der Waals surface area (Å²) in [4.78, 5) is 32.2. The molecule has 10 heteroatoms. The molecule has 0 aliphatic carbocycles. The molecule has 0 unspecified atom stereocenters. The van der Waals surface area contributed by atoms with E-state index in [-0.39, 0.29) is 48.7 Å². The molecule has 2 aliphatic heterocycles. The Morgan fingerprint density at radius 3 is 2.66 bits per heavy atom. The first kappa shape index (κ1) is 26.5. The van der Waals surface area contributed by atoms with E-state index in [1.165, 1.54) is 0 Å². The molecule has 0 aromatic heterocycles. The van der Waals surface area contributed by atoms with Gasteiger partial charge in [0.05, 0.1) is 40.4 Å². The van der Waals surface area contributed by atoms with Gasteiger partial charge in [-0.3, -0.25) is 14.5 Å². The Hall–Kier alpha value is -3.12. The number of guanidine groups is 1. The van der Waals surface area contributed by atoms with Crippen molar-refractivity contribution in [1.82, 2.24) is 4.90 Å². The van der Waals surface area contributed by atoms with Gasteiger partial charge in [-0.2, -0.15) is 5.26 Å². The number of nitrogens with two attached hydrogens (primary N) is 1. The molecule has 8 nitrogen and oxygen atoms in total. The summed E-state index contributed by atoms with van der Waals surface area (Å²) in [6.45, 7) is 4.37. The monoisotopic (exact) mass is 515 g/mol. The van der Waals surface area contributed by atoms with E-state index in [4.69, 9.17) is 32.3 Å². The van der Waals surface area contributed by atoms with E-state index in [1.807, 2.05) is 19.9 Å². The van der Waals surface area contributed by atoms with Gasteiger partial charge in [-0.15, -0.1) is 12.4 Å². The average Bonchev–Trinajstić information content (AvgIpc) is 2.80. The third-order valence-electron chi connectivity index (χ3n) is 6.30. The molecule has 0 bridgehead atoms. The number of amides is 2. The summed E-state index contributed by atoms with van der Waals surface area (Å²) in [6, 6.07) is 13.5. The second kappa shape index (κ2) is 10.6. The number of carbonyl (C=O) groups excluding carboxylic acids is 2. The van der Waals surface area contributed by atoms with E-state index in [0.717, 1.165) is 0 Å². The number of aliphatic imine (C=N–C) groups is 1. The highest BCUT2D eigenvalue weighted by molar-refractivity contribution is 6.35. The van der Waals surface area contributed by atoms with Crippen LogP contribution in [-0.2, 0) is 15.1 Å². The van der Waals surface area contributed by atoms with Gasteiger partial charge in [-0.05, 0) is 57.0 Å². The molecular weight excluding hydrogens is 489 g/mol. The number of hydrogen-bond donors (Lipinski definition) is 2. The molecule has 2 amide bonds. The Bertz CT molecular complexity index is 1190. The molecule has 2 aromatic carbocycles. The molecule has 2 heterocycles. The Labute approximate surface area is 215 Å². The highest BCUT2D eigenvalue weighted by Gasteiger charge is 2.42. The van der Waals surface area contributed by atoms with Crippen LogP contribution in [0.2, 0.25) is 5.02 Å². The Balaban J connectivity index is 0.00000342. The number of anilines is 1. The van der Waals surface area contributed by atoms with Gasteiger partial charge in [0, 0.05) is 23.8 Å². The van der Waals surface area contributed by atoms with Crippen molar-refractivity contribution >= 4 is 47.5 Å². The zero-order valence-electron chi connectivity index (χ0n) is 19.5. The van der Waals surface area contributed by atoms with Crippen molar-refractivity contribution in [3.8, 4) is 6.07 Å². The van der Waals surface area contributed by atoms with E-state index in [0.29, 0.717) is 46.8 Å². The molecule has 184 valence electrons. The van der Waals surface area contributed by atoms with Crippen LogP contribution in [0.1, 0.15) is 54.6 Å². The molecule has 1 fully saturated rings. The van der Waals surface area contributed by atoms with Crippen LogP contribution in [0.3, 0.4) is 0 Å². The molecule has 2 aromatic rings. The van der Waals surface area contributed by atoms with Crippen molar-refractivity contribution < 1.29 is 14.3 Å². The third-order valence-corrected chi connectivity index (χ3v) is 6.71. The minimum absolute atomic E-state index is 0. The molecule has 1 saturated heterocycles. The maximum Gasteiger partial charge on any atom is 0.255 e. The summed E-state index contributed by atoms with van der Waals surface area (Å²) in [5.41, 5.74) is 7.19. The number of rotatable bonds is 4. The molecule has 2 aliphatic rings. The van der Waals surface area contributed by atoms with Gasteiger partial charge in [0.2, 0.25) is 5.91 Å². The number of hydrogen-bond acceptors (Lipinski definition) is 6. The van der Waals surface area contributed by atoms with Crippen LogP contribution in [0, 0.1) is 11.3 Å². The molecule has 0 radical (unpaired) electrons. The molecular formula is C25H27Cl2N5O3. The maximum absolute atomic E-state index is 13.2. The molecule has 0 saturated carbocycles. The SMILES string of the molecule is C[C@@H]1C[C@H](N2C(=O)C[C@@](C)(c3cccc(NC(=O)c4ccc(C#N)cc4)c3Cl)N=C2N)CCO1.Cl. The zero-order valence-corrected chi connectivity index (χ0v) is 21.0. The second-order valence-corrected chi connectivity index (χ2v) is 9.23.